The van der Waals surface area contributed by atoms with Crippen LogP contribution >= 0.6 is 0 Å². The molecule has 128 valence electrons. The van der Waals surface area contributed by atoms with Crippen LogP contribution in [-0.4, -0.2) is 26.0 Å². The van der Waals surface area contributed by atoms with Crippen molar-refractivity contribution in [3.05, 3.63) is 59.9 Å². The van der Waals surface area contributed by atoms with E-state index in [-0.39, 0.29) is 17.0 Å². The van der Waals surface area contributed by atoms with Crippen molar-refractivity contribution in [3.8, 4) is 0 Å². The van der Waals surface area contributed by atoms with Crippen LogP contribution in [0.2, 0.25) is 0 Å². The lowest BCUT2D eigenvalue weighted by Crippen LogP contribution is -2.38. The summed E-state index contributed by atoms with van der Waals surface area (Å²) in [4.78, 5) is 15.9. The molecule has 8 heteroatoms. The molecule has 0 spiro atoms. The molecule has 0 aliphatic carbocycles. The van der Waals surface area contributed by atoms with Crippen molar-refractivity contribution >= 4 is 16.1 Å². The van der Waals surface area contributed by atoms with Crippen molar-refractivity contribution in [2.45, 2.75) is 24.3 Å². The first kappa shape index (κ1) is 17.9. The second-order valence-corrected chi connectivity index (χ2v) is 6.90. The van der Waals surface area contributed by atoms with E-state index in [9.17, 15) is 13.2 Å². The minimum absolute atomic E-state index is 0.0723. The molecule has 4 N–H and O–H groups in total. The molecule has 2 rings (SSSR count). The van der Waals surface area contributed by atoms with Gasteiger partial charge in [-0.15, -0.1) is 0 Å². The molecule has 2 aromatic rings. The predicted octanol–water partition coefficient (Wildman–Crippen LogP) is 1.33. The third kappa shape index (κ3) is 5.32. The van der Waals surface area contributed by atoms with Crippen LogP contribution in [0.3, 0.4) is 0 Å². The van der Waals surface area contributed by atoms with Gasteiger partial charge < -0.3 is 10.6 Å². The molecule has 1 heterocycles. The first-order valence-corrected chi connectivity index (χ1v) is 8.97. The Morgan fingerprint density at radius 1 is 1.17 bits per heavy atom. The van der Waals surface area contributed by atoms with Crippen molar-refractivity contribution in [1.82, 2.24) is 15.6 Å². The monoisotopic (exact) mass is 348 g/mol. The molecule has 0 fully saturated rings. The van der Waals surface area contributed by atoms with E-state index >= 15 is 0 Å². The largest absolute Gasteiger partial charge is 0.338 e. The van der Waals surface area contributed by atoms with Gasteiger partial charge in [0.2, 0.25) is 10.0 Å². The number of primary sulfonamides is 1. The number of amides is 2. The number of carbonyl (C=O) groups excluding carboxylic acids is 1. The maximum absolute atomic E-state index is 11.9. The van der Waals surface area contributed by atoms with Crippen molar-refractivity contribution in [3.63, 3.8) is 0 Å². The Morgan fingerprint density at radius 3 is 2.38 bits per heavy atom. The number of nitrogens with one attached hydrogen (secondary N) is 2. The van der Waals surface area contributed by atoms with Gasteiger partial charge in [0.15, 0.2) is 0 Å². The molecule has 2 amide bonds. The number of rotatable bonds is 6. The van der Waals surface area contributed by atoms with Crippen LogP contribution in [0.1, 0.15) is 24.1 Å². The van der Waals surface area contributed by atoms with Crippen LogP contribution in [-0.2, 0) is 16.4 Å². The molecule has 1 aromatic heterocycles. The van der Waals surface area contributed by atoms with Crippen LogP contribution in [0.5, 0.6) is 0 Å². The van der Waals surface area contributed by atoms with Gasteiger partial charge >= 0.3 is 6.03 Å². The molecular formula is C16H20N4O3S. The van der Waals surface area contributed by atoms with Gasteiger partial charge in [0.05, 0.1) is 10.9 Å². The lowest BCUT2D eigenvalue weighted by molar-refractivity contribution is 0.238. The quantitative estimate of drug-likeness (QED) is 0.730. The topological polar surface area (TPSA) is 114 Å². The third-order valence-electron chi connectivity index (χ3n) is 3.50. The van der Waals surface area contributed by atoms with E-state index in [1.54, 1.807) is 24.5 Å². The Bertz CT molecular complexity index is 777. The second kappa shape index (κ2) is 7.89. The Morgan fingerprint density at radius 2 is 1.79 bits per heavy atom. The summed E-state index contributed by atoms with van der Waals surface area (Å²) in [6.07, 6.45) is 3.94. The van der Waals surface area contributed by atoms with Crippen LogP contribution in [0.4, 0.5) is 4.79 Å². The lowest BCUT2D eigenvalue weighted by atomic mass is 10.1. The Kier molecular flexibility index (Phi) is 5.88. The second-order valence-electron chi connectivity index (χ2n) is 5.34. The number of nitrogens with two attached hydrogens (primary N) is 1. The fourth-order valence-corrected chi connectivity index (χ4v) is 2.66. The number of sulfonamides is 1. The third-order valence-corrected chi connectivity index (χ3v) is 4.43. The zero-order valence-electron chi connectivity index (χ0n) is 13.3. The van der Waals surface area contributed by atoms with Crippen molar-refractivity contribution < 1.29 is 13.2 Å². The number of hydrogen-bond donors (Lipinski definition) is 3. The molecule has 24 heavy (non-hydrogen) atoms. The zero-order valence-corrected chi connectivity index (χ0v) is 14.1. The Labute approximate surface area is 141 Å². The molecule has 0 unspecified atom stereocenters. The highest BCUT2D eigenvalue weighted by molar-refractivity contribution is 7.89. The maximum atomic E-state index is 11.9. The molecule has 0 aliphatic rings. The normalized spacial score (nSPS) is 12.4. The number of pyridine rings is 1. The summed E-state index contributed by atoms with van der Waals surface area (Å²) in [7, 11) is -3.68. The van der Waals surface area contributed by atoms with Gasteiger partial charge in [-0.1, -0.05) is 12.1 Å². The van der Waals surface area contributed by atoms with E-state index in [0.717, 1.165) is 11.1 Å². The van der Waals surface area contributed by atoms with Crippen LogP contribution in [0.15, 0.2) is 53.7 Å². The first-order chi connectivity index (χ1) is 11.4. The number of carbonyl (C=O) groups is 1. The summed E-state index contributed by atoms with van der Waals surface area (Å²) in [5, 5.41) is 10.6. The zero-order chi connectivity index (χ0) is 17.6. The van der Waals surface area contributed by atoms with E-state index in [0.29, 0.717) is 13.0 Å². The fraction of sp³-hybridized carbons (Fsp3) is 0.250. The number of nitrogens with zero attached hydrogens (tertiary/aromatic N) is 1. The summed E-state index contributed by atoms with van der Waals surface area (Å²) < 4.78 is 22.4. The van der Waals surface area contributed by atoms with Crippen LogP contribution < -0.4 is 15.8 Å². The summed E-state index contributed by atoms with van der Waals surface area (Å²) >= 11 is 0. The van der Waals surface area contributed by atoms with E-state index in [1.165, 1.54) is 12.1 Å². The van der Waals surface area contributed by atoms with E-state index in [2.05, 4.69) is 15.6 Å². The van der Waals surface area contributed by atoms with Crippen molar-refractivity contribution in [1.29, 1.82) is 0 Å². The van der Waals surface area contributed by atoms with Gasteiger partial charge in [0.25, 0.3) is 0 Å². The SMILES string of the molecule is C[C@@H](NC(=O)NCCc1ccc(S(N)(=O)=O)cc1)c1ccncc1. The highest BCUT2D eigenvalue weighted by Crippen LogP contribution is 2.10. The van der Waals surface area contributed by atoms with E-state index < -0.39 is 10.0 Å². The predicted molar refractivity (Wildman–Crippen MR) is 90.7 cm³/mol. The average molecular weight is 348 g/mol. The molecule has 0 saturated heterocycles. The lowest BCUT2D eigenvalue weighted by Gasteiger charge is -2.14. The van der Waals surface area contributed by atoms with Gasteiger partial charge in [-0.3, -0.25) is 4.98 Å². The Balaban J connectivity index is 1.78. The van der Waals surface area contributed by atoms with Gasteiger partial charge in [-0.2, -0.15) is 0 Å². The summed E-state index contributed by atoms with van der Waals surface area (Å²) in [6.45, 7) is 2.32. The number of urea groups is 1. The van der Waals surface area contributed by atoms with Crippen molar-refractivity contribution in [2.24, 2.45) is 5.14 Å². The van der Waals surface area contributed by atoms with Gasteiger partial charge in [0.1, 0.15) is 0 Å². The first-order valence-electron chi connectivity index (χ1n) is 7.42. The van der Waals surface area contributed by atoms with Gasteiger partial charge in [0, 0.05) is 18.9 Å². The fourth-order valence-electron chi connectivity index (χ4n) is 2.15. The van der Waals surface area contributed by atoms with Gasteiger partial charge in [-0.25, -0.2) is 18.4 Å². The van der Waals surface area contributed by atoms with E-state index in [4.69, 9.17) is 5.14 Å². The summed E-state index contributed by atoms with van der Waals surface area (Å²) in [6, 6.07) is 9.57. The molecule has 0 radical (unpaired) electrons. The van der Waals surface area contributed by atoms with Gasteiger partial charge in [-0.05, 0) is 48.7 Å². The molecular weight excluding hydrogens is 328 g/mol. The van der Waals surface area contributed by atoms with Crippen LogP contribution in [0.25, 0.3) is 0 Å². The van der Waals surface area contributed by atoms with Crippen molar-refractivity contribution in [2.75, 3.05) is 6.54 Å². The molecule has 0 bridgehead atoms. The molecule has 0 saturated carbocycles. The highest BCUT2D eigenvalue weighted by atomic mass is 32.2. The highest BCUT2D eigenvalue weighted by Gasteiger charge is 2.09. The number of benzene rings is 1. The summed E-state index contributed by atoms with van der Waals surface area (Å²) in [5.74, 6) is 0. The summed E-state index contributed by atoms with van der Waals surface area (Å²) in [5.41, 5.74) is 1.88. The number of aromatic nitrogens is 1. The minimum atomic E-state index is -3.68. The molecule has 1 aromatic carbocycles. The average Bonchev–Trinajstić information content (AvgIpc) is 2.55. The molecule has 0 aliphatic heterocycles. The minimum Gasteiger partial charge on any atom is -0.338 e. The Hall–Kier alpha value is -2.45. The smallest absolute Gasteiger partial charge is 0.315 e. The number of hydrogen-bond acceptors (Lipinski definition) is 4. The van der Waals surface area contributed by atoms with Crippen LogP contribution in [0, 0.1) is 0 Å². The molecule has 1 atom stereocenters. The standard InChI is InChI=1S/C16H20N4O3S/c1-12(14-7-9-18-10-8-14)20-16(21)19-11-6-13-2-4-15(5-3-13)24(17,22)23/h2-5,7-10,12H,6,11H2,1H3,(H2,17,22,23)(H2,19,20,21)/t12-/m1/s1. The molecule has 7 nitrogen and oxygen atoms in total. The maximum Gasteiger partial charge on any atom is 0.315 e. The van der Waals surface area contributed by atoms with E-state index in [1.807, 2.05) is 19.1 Å².